The molecule has 10 nitrogen and oxygen atoms in total. The zero-order valence-corrected chi connectivity index (χ0v) is 24.8. The molecule has 10 heteroatoms. The van der Waals surface area contributed by atoms with Crippen LogP contribution in [0.15, 0.2) is 48.5 Å². The van der Waals surface area contributed by atoms with Gasteiger partial charge in [-0.15, -0.1) is 0 Å². The van der Waals surface area contributed by atoms with Crippen LogP contribution in [0, 0.1) is 20.2 Å². The lowest BCUT2D eigenvalue weighted by Gasteiger charge is -2.37. The average Bonchev–Trinajstić information content (AvgIpc) is 2.97. The third-order valence-electron chi connectivity index (χ3n) is 8.26. The Labute approximate surface area is 239 Å². The van der Waals surface area contributed by atoms with E-state index >= 15 is 0 Å². The summed E-state index contributed by atoms with van der Waals surface area (Å²) in [4.78, 5) is 21.1. The second-order valence-corrected chi connectivity index (χ2v) is 10.5. The summed E-state index contributed by atoms with van der Waals surface area (Å²) < 4.78 is 13.7. The normalized spacial score (nSPS) is 12.0. The minimum absolute atomic E-state index is 0.124. The predicted octanol–water partition coefficient (Wildman–Crippen LogP) is 5.73. The van der Waals surface area contributed by atoms with Gasteiger partial charge in [0.15, 0.2) is 0 Å². The first kappa shape index (κ1) is 33.3. The van der Waals surface area contributed by atoms with Gasteiger partial charge in [0.25, 0.3) is 11.4 Å². The summed E-state index contributed by atoms with van der Waals surface area (Å²) in [7, 11) is 0. The summed E-state index contributed by atoms with van der Waals surface area (Å²) in [6.07, 6.45) is 1.90. The quantitative estimate of drug-likeness (QED) is 0.0836. The maximum absolute atomic E-state index is 10.9. The van der Waals surface area contributed by atoms with Gasteiger partial charge < -0.3 is 18.4 Å². The largest absolute Gasteiger partial charge is 0.376 e. The molecular weight excluding hydrogens is 512 g/mol. The van der Waals surface area contributed by atoms with Crippen molar-refractivity contribution in [3.05, 3.63) is 79.9 Å². The number of rotatable bonds is 21. The highest BCUT2D eigenvalue weighted by molar-refractivity contribution is 5.33. The Hall–Kier alpha value is -2.92. The number of nitro benzene ring substituents is 2. The fourth-order valence-electron chi connectivity index (χ4n) is 5.03. The van der Waals surface area contributed by atoms with Crippen LogP contribution in [0.1, 0.15) is 51.7 Å². The lowest BCUT2D eigenvalue weighted by atomic mass is 10.1. The van der Waals surface area contributed by atoms with E-state index in [1.165, 1.54) is 0 Å². The van der Waals surface area contributed by atoms with Crippen LogP contribution < -0.4 is 0 Å². The van der Waals surface area contributed by atoms with Crippen LogP contribution in [0.4, 0.5) is 11.4 Å². The number of likely N-dealkylation sites (N-methyl/N-ethyl adjacent to an activating group) is 2. The molecule has 0 aromatic heterocycles. The van der Waals surface area contributed by atoms with E-state index in [0.29, 0.717) is 26.4 Å². The van der Waals surface area contributed by atoms with Crippen LogP contribution in [0.2, 0.25) is 0 Å². The molecule has 0 N–H and O–H groups in total. The number of quaternary nitrogens is 2. The number of hydrogen-bond acceptors (Lipinski definition) is 6. The summed E-state index contributed by atoms with van der Waals surface area (Å²) in [6.45, 7) is 18.9. The molecule has 0 aliphatic heterocycles. The molecule has 2 aromatic rings. The van der Waals surface area contributed by atoms with E-state index < -0.39 is 0 Å². The van der Waals surface area contributed by atoms with Crippen LogP contribution in [0.3, 0.4) is 0 Å². The molecule has 0 unspecified atom stereocenters. The first-order valence-corrected chi connectivity index (χ1v) is 14.5. The van der Waals surface area contributed by atoms with Gasteiger partial charge in [-0.2, -0.15) is 0 Å². The molecule has 0 aliphatic carbocycles. The predicted molar refractivity (Wildman–Crippen MR) is 157 cm³/mol. The van der Waals surface area contributed by atoms with Crippen LogP contribution in [0.5, 0.6) is 0 Å². The molecule has 2 aromatic carbocycles. The van der Waals surface area contributed by atoms with E-state index in [9.17, 15) is 20.2 Å². The van der Waals surface area contributed by atoms with Crippen LogP contribution in [-0.2, 0) is 22.6 Å². The van der Waals surface area contributed by atoms with Gasteiger partial charge in [0.05, 0.1) is 49.2 Å². The molecule has 0 bridgehead atoms. The summed E-state index contributed by atoms with van der Waals surface area (Å²) in [5.74, 6) is 0. The fourth-order valence-corrected chi connectivity index (χ4v) is 5.03. The van der Waals surface area contributed by atoms with E-state index in [0.717, 1.165) is 85.3 Å². The lowest BCUT2D eigenvalue weighted by Crippen LogP contribution is -2.49. The number of nitrogens with zero attached hydrogens (tertiary/aromatic N) is 4. The van der Waals surface area contributed by atoms with Crippen molar-refractivity contribution in [1.82, 2.24) is 0 Å². The smallest absolute Gasteiger partial charge is 0.269 e. The molecular formula is C30H48N4O6+2. The monoisotopic (exact) mass is 560 g/mol. The zero-order valence-electron chi connectivity index (χ0n) is 24.8. The van der Waals surface area contributed by atoms with Crippen molar-refractivity contribution in [2.45, 2.75) is 53.6 Å². The standard InChI is InChI=1S/C30H48N4O6/c1-5-33(6-2,25-27-11-15-29(16-12-27)31(35)36)19-23-39-21-9-10-22-40-24-20-34(7-3,8-4)26-28-13-17-30(18-14-28)32(37)38/h11-18H,5-10,19-26H2,1-4H3/q+2. The number of non-ortho nitro benzene ring substituents is 2. The zero-order chi connectivity index (χ0) is 29.4. The maximum atomic E-state index is 10.9. The molecule has 0 saturated heterocycles. The molecule has 222 valence electrons. The topological polar surface area (TPSA) is 105 Å². The van der Waals surface area contributed by atoms with E-state index in [1.54, 1.807) is 24.3 Å². The summed E-state index contributed by atoms with van der Waals surface area (Å²) in [5, 5.41) is 21.8. The van der Waals surface area contributed by atoms with E-state index in [-0.39, 0.29) is 21.2 Å². The Morgan fingerprint density at radius 2 is 0.900 bits per heavy atom. The van der Waals surface area contributed by atoms with Gasteiger partial charge in [-0.25, -0.2) is 0 Å². The Morgan fingerprint density at radius 1 is 0.575 bits per heavy atom. The number of hydrogen-bond donors (Lipinski definition) is 0. The van der Waals surface area contributed by atoms with Gasteiger partial charge in [-0.1, -0.05) is 0 Å². The highest BCUT2D eigenvalue weighted by Crippen LogP contribution is 2.19. The molecule has 0 spiro atoms. The lowest BCUT2D eigenvalue weighted by molar-refractivity contribution is -0.938. The Balaban J connectivity index is 1.65. The van der Waals surface area contributed by atoms with Gasteiger partial charge in [-0.05, 0) is 64.8 Å². The molecule has 0 heterocycles. The first-order chi connectivity index (χ1) is 19.2. The third-order valence-corrected chi connectivity index (χ3v) is 8.26. The number of ether oxygens (including phenoxy) is 2. The summed E-state index contributed by atoms with van der Waals surface area (Å²) >= 11 is 0. The highest BCUT2D eigenvalue weighted by atomic mass is 16.6. The van der Waals surface area contributed by atoms with Crippen LogP contribution >= 0.6 is 0 Å². The van der Waals surface area contributed by atoms with Gasteiger partial charge in [0.2, 0.25) is 0 Å². The van der Waals surface area contributed by atoms with Crippen molar-refractivity contribution in [3.8, 4) is 0 Å². The van der Waals surface area contributed by atoms with Gasteiger partial charge >= 0.3 is 0 Å². The molecule has 40 heavy (non-hydrogen) atoms. The van der Waals surface area contributed by atoms with Gasteiger partial charge in [0, 0.05) is 48.6 Å². The molecule has 0 atom stereocenters. The van der Waals surface area contributed by atoms with Crippen molar-refractivity contribution >= 4 is 11.4 Å². The van der Waals surface area contributed by atoms with Crippen LogP contribution in [0.25, 0.3) is 0 Å². The molecule has 2 rings (SSSR count). The number of benzene rings is 2. The summed E-state index contributed by atoms with van der Waals surface area (Å²) in [5.41, 5.74) is 2.46. The molecule has 0 saturated carbocycles. The Bertz CT molecular complexity index is 938. The highest BCUT2D eigenvalue weighted by Gasteiger charge is 2.25. The van der Waals surface area contributed by atoms with E-state index in [1.807, 2.05) is 24.3 Å². The molecule has 0 fully saturated rings. The average molecular weight is 561 g/mol. The van der Waals surface area contributed by atoms with Crippen molar-refractivity contribution in [3.63, 3.8) is 0 Å². The summed E-state index contributed by atoms with van der Waals surface area (Å²) in [6, 6.07) is 13.8. The first-order valence-electron chi connectivity index (χ1n) is 14.5. The Morgan fingerprint density at radius 3 is 1.18 bits per heavy atom. The molecule has 0 radical (unpaired) electrons. The SMILES string of the molecule is CC[N+](CC)(CCOCCCCOCC[N+](CC)(CC)Cc1ccc([N+](=O)[O-])cc1)Cc1ccc([N+](=O)[O-])cc1. The second-order valence-electron chi connectivity index (χ2n) is 10.5. The van der Waals surface area contributed by atoms with E-state index in [4.69, 9.17) is 9.47 Å². The van der Waals surface area contributed by atoms with Crippen molar-refractivity contribution in [1.29, 1.82) is 0 Å². The number of nitro groups is 2. The van der Waals surface area contributed by atoms with Crippen LogP contribution in [-0.4, -0.2) is 84.5 Å². The minimum Gasteiger partial charge on any atom is -0.376 e. The van der Waals surface area contributed by atoms with Gasteiger partial charge in [-0.3, -0.25) is 20.2 Å². The van der Waals surface area contributed by atoms with Gasteiger partial charge in [0.1, 0.15) is 26.2 Å². The Kier molecular flexibility index (Phi) is 14.2. The van der Waals surface area contributed by atoms with Crippen molar-refractivity contribution < 1.29 is 28.3 Å². The fraction of sp³-hybridized carbons (Fsp3) is 0.600. The van der Waals surface area contributed by atoms with Crippen molar-refractivity contribution in [2.75, 3.05) is 65.7 Å². The second kappa shape index (κ2) is 17.0. The minimum atomic E-state index is -0.363. The molecule has 0 amide bonds. The van der Waals surface area contributed by atoms with Crippen molar-refractivity contribution in [2.24, 2.45) is 0 Å². The maximum Gasteiger partial charge on any atom is 0.269 e. The van der Waals surface area contributed by atoms with E-state index in [2.05, 4.69) is 27.7 Å². The molecule has 0 aliphatic rings. The number of unbranched alkanes of at least 4 members (excludes halogenated alkanes) is 1. The third kappa shape index (κ3) is 10.6.